The van der Waals surface area contributed by atoms with Crippen LogP contribution in [0.25, 0.3) is 0 Å². The van der Waals surface area contributed by atoms with Crippen molar-refractivity contribution in [3.8, 4) is 0 Å². The van der Waals surface area contributed by atoms with Gasteiger partial charge in [-0.05, 0) is 32.6 Å². The van der Waals surface area contributed by atoms with Crippen molar-refractivity contribution in [2.45, 2.75) is 80.4 Å². The quantitative estimate of drug-likeness (QED) is 0.459. The molecule has 0 rings (SSSR count). The van der Waals surface area contributed by atoms with Crippen LogP contribution < -0.4 is 4.72 Å². The maximum Gasteiger partial charge on any atom is 0.0846 e. The molecular weight excluding hydrogens is 288 g/mol. The van der Waals surface area contributed by atoms with Gasteiger partial charge < -0.3 is 4.48 Å². The van der Waals surface area contributed by atoms with Crippen molar-refractivity contribution in [3.05, 3.63) is 0 Å². The van der Waals surface area contributed by atoms with Crippen LogP contribution in [-0.4, -0.2) is 43.0 Å². The van der Waals surface area contributed by atoms with Crippen LogP contribution in [0.4, 0.5) is 0 Å². The zero-order valence-electron chi connectivity index (χ0n) is 17.7. The monoisotopic (exact) mass is 333 g/mol. The molecule has 0 aliphatic rings. The number of hydrogen-bond donors (Lipinski definition) is 1. The minimum atomic E-state index is 0.281. The molecule has 0 amide bonds. The molecule has 136 valence electrons. The third-order valence-corrected chi connectivity index (χ3v) is 4.55. The van der Waals surface area contributed by atoms with E-state index in [0.717, 1.165) is 11.0 Å². The third kappa shape index (κ3) is 13.9. The molecule has 0 atom stereocenters. The number of nitrogens with zero attached hydrogens (tertiary/aromatic N) is 1. The molecule has 0 radical (unpaired) electrons. The van der Waals surface area contributed by atoms with Gasteiger partial charge in [-0.3, -0.25) is 4.72 Å². The van der Waals surface area contributed by atoms with Crippen LogP contribution in [0.15, 0.2) is 0 Å². The molecule has 0 bridgehead atoms. The molecule has 0 heterocycles. The Hall–Kier alpha value is 0.270. The fourth-order valence-electron chi connectivity index (χ4n) is 3.07. The van der Waals surface area contributed by atoms with Crippen molar-refractivity contribution in [2.24, 2.45) is 10.8 Å². The van der Waals surface area contributed by atoms with E-state index in [1.165, 1.54) is 19.5 Å². The summed E-state index contributed by atoms with van der Waals surface area (Å²) in [5, 5.41) is 0. The van der Waals surface area contributed by atoms with Crippen LogP contribution in [0.3, 0.4) is 0 Å². The van der Waals surface area contributed by atoms with E-state index < -0.39 is 0 Å². The summed E-state index contributed by atoms with van der Waals surface area (Å²) in [6, 6.07) is 0. The van der Waals surface area contributed by atoms with Gasteiger partial charge in [0.2, 0.25) is 0 Å². The number of rotatable bonds is 8. The Balaban J connectivity index is 0. The lowest BCUT2D eigenvalue weighted by molar-refractivity contribution is -0.894. The Labute approximate surface area is 146 Å². The van der Waals surface area contributed by atoms with Crippen LogP contribution in [0.1, 0.15) is 75.7 Å². The normalized spacial score (nSPS) is 13.6. The van der Waals surface area contributed by atoms with Crippen LogP contribution >= 0.6 is 11.9 Å². The number of nitrogens with one attached hydrogen (secondary N) is 1. The Morgan fingerprint density at radius 1 is 0.909 bits per heavy atom. The number of quaternary nitrogens is 1. The van der Waals surface area contributed by atoms with E-state index in [4.69, 9.17) is 0 Å². The summed E-state index contributed by atoms with van der Waals surface area (Å²) in [5.74, 6) is 0. The summed E-state index contributed by atoms with van der Waals surface area (Å²) >= 11 is 1.91. The zero-order chi connectivity index (χ0) is 18.2. The Morgan fingerprint density at radius 2 is 1.36 bits per heavy atom. The predicted molar refractivity (Wildman–Crippen MR) is 106 cm³/mol. The average molecular weight is 334 g/mol. The molecule has 22 heavy (non-hydrogen) atoms. The van der Waals surface area contributed by atoms with Gasteiger partial charge in [-0.1, -0.05) is 60.4 Å². The first kappa shape index (κ1) is 24.5. The van der Waals surface area contributed by atoms with Crippen molar-refractivity contribution in [3.63, 3.8) is 0 Å². The number of hydrogen-bond acceptors (Lipinski definition) is 2. The molecule has 0 aromatic carbocycles. The van der Waals surface area contributed by atoms with E-state index >= 15 is 0 Å². The molecule has 0 spiro atoms. The standard InChI is InChI=1S/C17H39N2S.C2H6/c1-11-19(9,10)14-16(5,6)13-18-20-17(7,8)12-15(2,3)4;1-2/h18H,11-14H2,1-10H3;1-2H3/q+1;. The average Bonchev–Trinajstić information content (AvgIpc) is 2.26. The molecule has 0 unspecified atom stereocenters. The topological polar surface area (TPSA) is 12.0 Å². The van der Waals surface area contributed by atoms with E-state index in [1.807, 2.05) is 25.8 Å². The maximum atomic E-state index is 3.64. The summed E-state index contributed by atoms with van der Waals surface area (Å²) in [7, 11) is 4.64. The molecule has 0 aromatic heterocycles. The second kappa shape index (κ2) is 9.54. The molecule has 3 heteroatoms. The van der Waals surface area contributed by atoms with Crippen molar-refractivity contribution in [1.82, 2.24) is 4.72 Å². The fraction of sp³-hybridized carbons (Fsp3) is 1.00. The van der Waals surface area contributed by atoms with Gasteiger partial charge >= 0.3 is 0 Å². The molecule has 0 fully saturated rings. The lowest BCUT2D eigenvalue weighted by Gasteiger charge is -2.38. The largest absolute Gasteiger partial charge is 0.328 e. The molecule has 0 aliphatic carbocycles. The molecule has 0 saturated carbocycles. The Kier molecular flexibility index (Phi) is 10.6. The SMILES string of the molecule is CC.CC[N+](C)(C)CC(C)(C)CNSC(C)(C)CC(C)(C)C. The zero-order valence-corrected chi connectivity index (χ0v) is 18.5. The molecule has 0 saturated heterocycles. The smallest absolute Gasteiger partial charge is 0.0846 e. The third-order valence-electron chi connectivity index (χ3n) is 3.57. The second-order valence-electron chi connectivity index (χ2n) is 9.49. The highest BCUT2D eigenvalue weighted by Crippen LogP contribution is 2.35. The van der Waals surface area contributed by atoms with Crippen molar-refractivity contribution in [1.29, 1.82) is 0 Å². The molecule has 1 N–H and O–H groups in total. The fourth-order valence-corrected chi connectivity index (χ4v) is 4.43. The highest BCUT2D eigenvalue weighted by atomic mass is 32.2. The van der Waals surface area contributed by atoms with E-state index in [1.54, 1.807) is 0 Å². The summed E-state index contributed by atoms with van der Waals surface area (Å²) in [6.45, 7) is 26.1. The maximum absolute atomic E-state index is 3.64. The lowest BCUT2D eigenvalue weighted by atomic mass is 9.86. The van der Waals surface area contributed by atoms with Gasteiger partial charge in [0, 0.05) is 16.7 Å². The van der Waals surface area contributed by atoms with Crippen molar-refractivity contribution < 1.29 is 4.48 Å². The Bertz CT molecular complexity index is 288. The summed E-state index contributed by atoms with van der Waals surface area (Å²) in [5.41, 5.74) is 0.707. The first-order valence-electron chi connectivity index (χ1n) is 8.91. The van der Waals surface area contributed by atoms with E-state index in [9.17, 15) is 0 Å². The predicted octanol–water partition coefficient (Wildman–Crippen LogP) is 5.59. The molecule has 0 aromatic rings. The Morgan fingerprint density at radius 3 is 1.73 bits per heavy atom. The summed E-state index contributed by atoms with van der Waals surface area (Å²) < 4.78 is 5.01. The lowest BCUT2D eigenvalue weighted by Crippen LogP contribution is -2.48. The van der Waals surface area contributed by atoms with E-state index in [2.05, 4.69) is 74.2 Å². The van der Waals surface area contributed by atoms with Gasteiger partial charge in [-0.2, -0.15) is 0 Å². The van der Waals surface area contributed by atoms with Crippen LogP contribution in [0.5, 0.6) is 0 Å². The van der Waals surface area contributed by atoms with Crippen LogP contribution in [0.2, 0.25) is 0 Å². The molecule has 2 nitrogen and oxygen atoms in total. The van der Waals surface area contributed by atoms with Gasteiger partial charge in [0.25, 0.3) is 0 Å². The van der Waals surface area contributed by atoms with Gasteiger partial charge in [0.15, 0.2) is 0 Å². The van der Waals surface area contributed by atoms with E-state index in [0.29, 0.717) is 10.8 Å². The van der Waals surface area contributed by atoms with Crippen LogP contribution in [-0.2, 0) is 0 Å². The highest BCUT2D eigenvalue weighted by Gasteiger charge is 2.30. The van der Waals surface area contributed by atoms with E-state index in [-0.39, 0.29) is 4.75 Å². The van der Waals surface area contributed by atoms with Gasteiger partial charge in [-0.25, -0.2) is 0 Å². The second-order valence-corrected chi connectivity index (χ2v) is 11.1. The van der Waals surface area contributed by atoms with Crippen LogP contribution in [0, 0.1) is 10.8 Å². The van der Waals surface area contributed by atoms with Gasteiger partial charge in [0.05, 0.1) is 27.2 Å². The first-order valence-corrected chi connectivity index (χ1v) is 9.73. The highest BCUT2D eigenvalue weighted by molar-refractivity contribution is 7.98. The van der Waals surface area contributed by atoms with Gasteiger partial charge in [0.1, 0.15) is 0 Å². The summed E-state index contributed by atoms with van der Waals surface area (Å²) in [6.07, 6.45) is 1.22. The minimum absolute atomic E-state index is 0.281. The molecule has 0 aliphatic heterocycles. The van der Waals surface area contributed by atoms with Crippen molar-refractivity contribution in [2.75, 3.05) is 33.7 Å². The summed E-state index contributed by atoms with van der Waals surface area (Å²) in [4.78, 5) is 0. The molecular formula is C19H45N2S+. The first-order chi connectivity index (χ1) is 9.68. The minimum Gasteiger partial charge on any atom is -0.328 e. The van der Waals surface area contributed by atoms with Gasteiger partial charge in [-0.15, -0.1) is 0 Å². The van der Waals surface area contributed by atoms with Crippen molar-refractivity contribution >= 4 is 11.9 Å².